The van der Waals surface area contributed by atoms with Gasteiger partial charge < -0.3 is 9.67 Å². The molecular formula is C17H18N2O. The zero-order valence-electron chi connectivity index (χ0n) is 11.4. The molecule has 1 aliphatic rings. The maximum absolute atomic E-state index is 10.3. The van der Waals surface area contributed by atoms with E-state index in [1.54, 1.807) is 6.07 Å². The van der Waals surface area contributed by atoms with Gasteiger partial charge in [0.25, 0.3) is 0 Å². The van der Waals surface area contributed by atoms with Crippen LogP contribution in [-0.2, 0) is 6.67 Å². The fourth-order valence-corrected chi connectivity index (χ4v) is 3.36. The van der Waals surface area contributed by atoms with Crippen LogP contribution in [0.25, 0.3) is 21.8 Å². The van der Waals surface area contributed by atoms with Crippen LogP contribution in [0.2, 0.25) is 0 Å². The minimum Gasteiger partial charge on any atom is -0.506 e. The highest BCUT2D eigenvalue weighted by Crippen LogP contribution is 2.34. The van der Waals surface area contributed by atoms with Gasteiger partial charge in [0.2, 0.25) is 0 Å². The highest BCUT2D eigenvalue weighted by Gasteiger charge is 2.17. The average Bonchev–Trinajstić information content (AvgIpc) is 3.08. The highest BCUT2D eigenvalue weighted by molar-refractivity contribution is 6.09. The van der Waals surface area contributed by atoms with E-state index in [9.17, 15) is 5.11 Å². The molecule has 0 saturated carbocycles. The van der Waals surface area contributed by atoms with Crippen molar-refractivity contribution in [2.45, 2.75) is 19.5 Å². The van der Waals surface area contributed by atoms with Gasteiger partial charge in [0.05, 0.1) is 17.7 Å². The van der Waals surface area contributed by atoms with E-state index in [1.165, 1.54) is 23.7 Å². The summed E-state index contributed by atoms with van der Waals surface area (Å²) in [7, 11) is 0. The summed E-state index contributed by atoms with van der Waals surface area (Å²) in [5.74, 6) is 0.373. The highest BCUT2D eigenvalue weighted by atomic mass is 16.3. The van der Waals surface area contributed by atoms with Crippen molar-refractivity contribution in [1.82, 2.24) is 9.47 Å². The van der Waals surface area contributed by atoms with Crippen molar-refractivity contribution in [3.05, 3.63) is 42.5 Å². The predicted octanol–water partition coefficient (Wildman–Crippen LogP) is 3.55. The molecule has 1 fully saturated rings. The van der Waals surface area contributed by atoms with Gasteiger partial charge >= 0.3 is 0 Å². The van der Waals surface area contributed by atoms with Gasteiger partial charge in [-0.1, -0.05) is 30.3 Å². The van der Waals surface area contributed by atoms with E-state index in [1.807, 2.05) is 6.07 Å². The molecule has 0 amide bonds. The van der Waals surface area contributed by atoms with Crippen molar-refractivity contribution >= 4 is 21.8 Å². The van der Waals surface area contributed by atoms with Crippen LogP contribution in [0.15, 0.2) is 42.5 Å². The number of rotatable bonds is 2. The molecular weight excluding hydrogens is 248 g/mol. The summed E-state index contributed by atoms with van der Waals surface area (Å²) in [5, 5.41) is 12.6. The molecule has 4 rings (SSSR count). The second-order valence-electron chi connectivity index (χ2n) is 5.59. The molecule has 0 bridgehead atoms. The second-order valence-corrected chi connectivity index (χ2v) is 5.59. The summed E-state index contributed by atoms with van der Waals surface area (Å²) >= 11 is 0. The number of aromatic nitrogens is 1. The Balaban J connectivity index is 1.99. The molecule has 1 saturated heterocycles. The molecule has 1 aromatic heterocycles. The van der Waals surface area contributed by atoms with Gasteiger partial charge in [-0.15, -0.1) is 0 Å². The maximum atomic E-state index is 10.3. The number of hydrogen-bond donors (Lipinski definition) is 1. The lowest BCUT2D eigenvalue weighted by Gasteiger charge is -2.17. The molecule has 2 aromatic carbocycles. The first-order chi connectivity index (χ1) is 9.84. The van der Waals surface area contributed by atoms with E-state index in [0.29, 0.717) is 5.75 Å². The lowest BCUT2D eigenvalue weighted by molar-refractivity contribution is 0.278. The molecule has 3 nitrogen and oxygen atoms in total. The number of likely N-dealkylation sites (tertiary alicyclic amines) is 1. The Morgan fingerprint density at radius 2 is 1.65 bits per heavy atom. The lowest BCUT2D eigenvalue weighted by atomic mass is 10.1. The third-order valence-electron chi connectivity index (χ3n) is 4.31. The van der Waals surface area contributed by atoms with Crippen molar-refractivity contribution in [1.29, 1.82) is 0 Å². The van der Waals surface area contributed by atoms with E-state index < -0.39 is 0 Å². The largest absolute Gasteiger partial charge is 0.506 e. The Morgan fingerprint density at radius 3 is 2.50 bits per heavy atom. The fourth-order valence-electron chi connectivity index (χ4n) is 3.36. The number of benzene rings is 2. The molecule has 2 heterocycles. The molecule has 1 aliphatic heterocycles. The van der Waals surface area contributed by atoms with E-state index in [2.05, 4.69) is 39.8 Å². The first kappa shape index (κ1) is 11.8. The number of fused-ring (bicyclic) bond motifs is 3. The number of aromatic hydroxyl groups is 1. The van der Waals surface area contributed by atoms with Crippen LogP contribution >= 0.6 is 0 Å². The average molecular weight is 266 g/mol. The molecule has 0 aliphatic carbocycles. The molecule has 0 unspecified atom stereocenters. The van der Waals surface area contributed by atoms with E-state index >= 15 is 0 Å². The molecule has 0 atom stereocenters. The van der Waals surface area contributed by atoms with Gasteiger partial charge in [0, 0.05) is 10.8 Å². The van der Waals surface area contributed by atoms with E-state index in [4.69, 9.17) is 0 Å². The van der Waals surface area contributed by atoms with Gasteiger partial charge in [-0.3, -0.25) is 4.90 Å². The Morgan fingerprint density at radius 1 is 0.900 bits per heavy atom. The summed E-state index contributed by atoms with van der Waals surface area (Å²) in [6, 6.07) is 14.2. The van der Waals surface area contributed by atoms with Crippen molar-refractivity contribution in [2.75, 3.05) is 13.1 Å². The summed E-state index contributed by atoms with van der Waals surface area (Å²) < 4.78 is 2.26. The van der Waals surface area contributed by atoms with Crippen molar-refractivity contribution in [2.24, 2.45) is 0 Å². The molecule has 0 spiro atoms. The number of para-hydroxylation sites is 2. The zero-order valence-corrected chi connectivity index (χ0v) is 11.4. The van der Waals surface area contributed by atoms with Gasteiger partial charge in [0.1, 0.15) is 5.75 Å². The number of phenols is 1. The third-order valence-corrected chi connectivity index (χ3v) is 4.31. The minimum atomic E-state index is 0.373. The second kappa shape index (κ2) is 4.53. The van der Waals surface area contributed by atoms with Crippen molar-refractivity contribution < 1.29 is 5.11 Å². The summed E-state index contributed by atoms with van der Waals surface area (Å²) in [6.45, 7) is 3.17. The number of nitrogens with zero attached hydrogens (tertiary/aromatic N) is 2. The molecule has 3 aromatic rings. The van der Waals surface area contributed by atoms with Crippen LogP contribution < -0.4 is 0 Å². The van der Waals surface area contributed by atoms with E-state index in [-0.39, 0.29) is 0 Å². The Hall–Kier alpha value is -2.00. The molecule has 0 radical (unpaired) electrons. The molecule has 3 heteroatoms. The van der Waals surface area contributed by atoms with Gasteiger partial charge in [0.15, 0.2) is 0 Å². The summed E-state index contributed by atoms with van der Waals surface area (Å²) in [6.07, 6.45) is 2.56. The Bertz CT molecular complexity index is 769. The van der Waals surface area contributed by atoms with Crippen molar-refractivity contribution in [3.63, 3.8) is 0 Å². The van der Waals surface area contributed by atoms with Crippen LogP contribution in [0.1, 0.15) is 12.8 Å². The van der Waals surface area contributed by atoms with Gasteiger partial charge in [-0.05, 0) is 38.1 Å². The van der Waals surface area contributed by atoms with E-state index in [0.717, 1.165) is 30.7 Å². The Labute approximate surface area is 118 Å². The Kier molecular flexibility index (Phi) is 2.67. The SMILES string of the molecule is Oc1cccc2c3ccccc3n(CN3CCCC3)c12. The summed E-state index contributed by atoms with van der Waals surface area (Å²) in [4.78, 5) is 2.46. The molecule has 20 heavy (non-hydrogen) atoms. The topological polar surface area (TPSA) is 28.4 Å². The smallest absolute Gasteiger partial charge is 0.139 e. The predicted molar refractivity (Wildman–Crippen MR) is 81.9 cm³/mol. The summed E-state index contributed by atoms with van der Waals surface area (Å²) in [5.41, 5.74) is 2.16. The van der Waals surface area contributed by atoms with Crippen LogP contribution in [-0.4, -0.2) is 27.7 Å². The minimum absolute atomic E-state index is 0.373. The van der Waals surface area contributed by atoms with Crippen LogP contribution in [0.3, 0.4) is 0 Å². The first-order valence-corrected chi connectivity index (χ1v) is 7.26. The molecule has 1 N–H and O–H groups in total. The van der Waals surface area contributed by atoms with Gasteiger partial charge in [-0.25, -0.2) is 0 Å². The van der Waals surface area contributed by atoms with Crippen molar-refractivity contribution in [3.8, 4) is 5.75 Å². The first-order valence-electron chi connectivity index (χ1n) is 7.26. The quantitative estimate of drug-likeness (QED) is 0.768. The maximum Gasteiger partial charge on any atom is 0.139 e. The van der Waals surface area contributed by atoms with Gasteiger partial charge in [-0.2, -0.15) is 0 Å². The van der Waals surface area contributed by atoms with Crippen LogP contribution in [0.4, 0.5) is 0 Å². The normalized spacial score (nSPS) is 16.4. The monoisotopic (exact) mass is 266 g/mol. The molecule has 102 valence electrons. The lowest BCUT2D eigenvalue weighted by Crippen LogP contribution is -2.22. The fraction of sp³-hybridized carbons (Fsp3) is 0.294. The van der Waals surface area contributed by atoms with Crippen LogP contribution in [0.5, 0.6) is 5.75 Å². The zero-order chi connectivity index (χ0) is 13.5. The number of phenolic OH excluding ortho intramolecular Hbond substituents is 1. The third kappa shape index (κ3) is 1.70. The number of hydrogen-bond acceptors (Lipinski definition) is 2. The standard InChI is InChI=1S/C17H18N2O/c20-16-9-5-7-14-13-6-1-2-8-15(13)19(17(14)16)12-18-10-3-4-11-18/h1-2,5-9,20H,3-4,10-12H2. The van der Waals surface area contributed by atoms with Crippen LogP contribution in [0, 0.1) is 0 Å².